The van der Waals surface area contributed by atoms with Crippen LogP contribution in [-0.2, 0) is 19.6 Å². The van der Waals surface area contributed by atoms with E-state index in [1.54, 1.807) is 16.5 Å². The molecule has 1 aliphatic heterocycles. The number of hydrogen-bond donors (Lipinski definition) is 2. The van der Waals surface area contributed by atoms with Crippen molar-refractivity contribution in [2.45, 2.75) is 24.3 Å². The first-order valence-electron chi connectivity index (χ1n) is 9.72. The molecular formula is C22H20N4O4S2. The van der Waals surface area contributed by atoms with E-state index in [0.29, 0.717) is 5.69 Å². The van der Waals surface area contributed by atoms with Crippen LogP contribution in [0.5, 0.6) is 0 Å². The van der Waals surface area contributed by atoms with Crippen molar-refractivity contribution in [3.63, 3.8) is 0 Å². The molecule has 10 heteroatoms. The van der Waals surface area contributed by atoms with Crippen LogP contribution in [0.2, 0.25) is 0 Å². The lowest BCUT2D eigenvalue weighted by Gasteiger charge is -2.32. The van der Waals surface area contributed by atoms with Crippen molar-refractivity contribution in [3.8, 4) is 0 Å². The summed E-state index contributed by atoms with van der Waals surface area (Å²) in [5.74, 6) is -0.446. The van der Waals surface area contributed by atoms with Crippen LogP contribution in [0.3, 0.4) is 0 Å². The fraction of sp³-hybridized carbons (Fsp3) is 0.136. The minimum atomic E-state index is -3.77. The summed E-state index contributed by atoms with van der Waals surface area (Å²) in [6.07, 6.45) is 5.11. The van der Waals surface area contributed by atoms with Crippen LogP contribution < -0.4 is 10.0 Å². The number of nitrogens with zero attached hydrogens (tertiary/aromatic N) is 2. The fourth-order valence-electron chi connectivity index (χ4n) is 3.47. The molecule has 1 aromatic heterocycles. The maximum atomic E-state index is 12.7. The smallest absolute Gasteiger partial charge is 0.263 e. The summed E-state index contributed by atoms with van der Waals surface area (Å²) >= 11 is 1.18. The zero-order valence-corrected chi connectivity index (χ0v) is 18.7. The highest BCUT2D eigenvalue weighted by molar-refractivity contribution is 7.93. The van der Waals surface area contributed by atoms with E-state index < -0.39 is 16.1 Å². The van der Waals surface area contributed by atoms with Crippen molar-refractivity contribution in [1.82, 2.24) is 9.88 Å². The van der Waals surface area contributed by atoms with Gasteiger partial charge in [0.15, 0.2) is 5.13 Å². The molecule has 0 fully saturated rings. The molecule has 3 aromatic rings. The van der Waals surface area contributed by atoms with Gasteiger partial charge in [-0.3, -0.25) is 14.3 Å². The summed E-state index contributed by atoms with van der Waals surface area (Å²) in [5.41, 5.74) is 2.32. The molecule has 2 heterocycles. The first-order chi connectivity index (χ1) is 15.3. The van der Waals surface area contributed by atoms with Crippen LogP contribution in [0, 0.1) is 0 Å². The third-order valence-electron chi connectivity index (χ3n) is 4.95. The maximum absolute atomic E-state index is 12.7. The van der Waals surface area contributed by atoms with E-state index in [-0.39, 0.29) is 28.3 Å². The Labute approximate surface area is 189 Å². The molecule has 8 nitrogen and oxygen atoms in total. The highest BCUT2D eigenvalue weighted by Crippen LogP contribution is 2.33. The van der Waals surface area contributed by atoms with Crippen molar-refractivity contribution < 1.29 is 18.0 Å². The highest BCUT2D eigenvalue weighted by Gasteiger charge is 2.28. The first kappa shape index (κ1) is 21.7. The van der Waals surface area contributed by atoms with Gasteiger partial charge in [-0.05, 0) is 41.5 Å². The van der Waals surface area contributed by atoms with E-state index >= 15 is 0 Å². The quantitative estimate of drug-likeness (QED) is 0.571. The molecule has 0 saturated heterocycles. The Morgan fingerprint density at radius 1 is 1.12 bits per heavy atom. The number of carbonyl (C=O) groups excluding carboxylic acids is 2. The molecule has 2 aromatic carbocycles. The van der Waals surface area contributed by atoms with Gasteiger partial charge in [0.25, 0.3) is 10.0 Å². The number of rotatable bonds is 6. The third-order valence-corrected chi connectivity index (χ3v) is 7.12. The monoisotopic (exact) mass is 468 g/mol. The molecule has 4 rings (SSSR count). The number of anilines is 2. The predicted molar refractivity (Wildman–Crippen MR) is 123 cm³/mol. The van der Waals surface area contributed by atoms with Gasteiger partial charge in [0.05, 0.1) is 17.4 Å². The standard InChI is InChI=1S/C22H20N4O4S2/c1-15(27)26-12-10-16-4-2-3-5-19(16)20(26)14-21(28)24-17-6-8-18(9-7-17)32(29,30)25-22-23-11-13-31-22/h2-13,20H,14H2,1H3,(H,23,25)(H,24,28)/t20-/m0/s1. The molecule has 0 saturated carbocycles. The number of benzene rings is 2. The summed E-state index contributed by atoms with van der Waals surface area (Å²) in [6, 6.07) is 13.1. The molecule has 0 radical (unpaired) electrons. The molecule has 1 aliphatic rings. The SMILES string of the molecule is CC(=O)N1C=Cc2ccccc2[C@@H]1CC(=O)Nc1ccc(S(=O)(=O)Nc2nccs2)cc1. The number of carbonyl (C=O) groups is 2. The molecule has 0 aliphatic carbocycles. The molecule has 2 amide bonds. The number of thiazole rings is 1. The average molecular weight is 469 g/mol. The maximum Gasteiger partial charge on any atom is 0.263 e. The lowest BCUT2D eigenvalue weighted by molar-refractivity contribution is -0.129. The number of hydrogen-bond acceptors (Lipinski definition) is 6. The van der Waals surface area contributed by atoms with Gasteiger partial charge in [-0.25, -0.2) is 13.4 Å². The van der Waals surface area contributed by atoms with E-state index in [0.717, 1.165) is 11.1 Å². The molecule has 32 heavy (non-hydrogen) atoms. The number of amides is 2. The average Bonchev–Trinajstić information content (AvgIpc) is 3.26. The van der Waals surface area contributed by atoms with Gasteiger partial charge in [0.1, 0.15) is 0 Å². The van der Waals surface area contributed by atoms with Gasteiger partial charge in [-0.1, -0.05) is 24.3 Å². The van der Waals surface area contributed by atoms with Gasteiger partial charge >= 0.3 is 0 Å². The zero-order valence-electron chi connectivity index (χ0n) is 17.1. The van der Waals surface area contributed by atoms with E-state index in [4.69, 9.17) is 0 Å². The number of nitrogens with one attached hydrogen (secondary N) is 2. The second kappa shape index (κ2) is 8.93. The molecule has 164 valence electrons. The Hall–Kier alpha value is -3.50. The third kappa shape index (κ3) is 4.71. The normalized spacial score (nSPS) is 15.2. The van der Waals surface area contributed by atoms with Gasteiger partial charge in [0, 0.05) is 30.4 Å². The minimum absolute atomic E-state index is 0.0554. The van der Waals surface area contributed by atoms with Crippen molar-refractivity contribution in [2.24, 2.45) is 0 Å². The van der Waals surface area contributed by atoms with Crippen molar-refractivity contribution in [2.75, 3.05) is 10.0 Å². The van der Waals surface area contributed by atoms with E-state index in [1.165, 1.54) is 48.7 Å². The molecule has 0 spiro atoms. The van der Waals surface area contributed by atoms with Crippen LogP contribution in [0.4, 0.5) is 10.8 Å². The van der Waals surface area contributed by atoms with Crippen molar-refractivity contribution in [1.29, 1.82) is 0 Å². The van der Waals surface area contributed by atoms with Crippen LogP contribution in [0.15, 0.2) is 71.2 Å². The van der Waals surface area contributed by atoms with Crippen LogP contribution >= 0.6 is 11.3 Å². The number of sulfonamides is 1. The van der Waals surface area contributed by atoms with Crippen molar-refractivity contribution in [3.05, 3.63) is 77.4 Å². The topological polar surface area (TPSA) is 108 Å². The highest BCUT2D eigenvalue weighted by atomic mass is 32.2. The Morgan fingerprint density at radius 2 is 1.88 bits per heavy atom. The summed E-state index contributed by atoms with van der Waals surface area (Å²) in [4.78, 5) is 30.3. The lowest BCUT2D eigenvalue weighted by Crippen LogP contribution is -2.33. The summed E-state index contributed by atoms with van der Waals surface area (Å²) in [6.45, 7) is 1.46. The number of fused-ring (bicyclic) bond motifs is 1. The number of aromatic nitrogens is 1. The molecular weight excluding hydrogens is 448 g/mol. The van der Waals surface area contributed by atoms with E-state index in [9.17, 15) is 18.0 Å². The van der Waals surface area contributed by atoms with Crippen LogP contribution in [0.1, 0.15) is 30.5 Å². The van der Waals surface area contributed by atoms with E-state index in [2.05, 4.69) is 15.0 Å². The molecule has 0 bridgehead atoms. The van der Waals surface area contributed by atoms with E-state index in [1.807, 2.05) is 30.3 Å². The second-order valence-electron chi connectivity index (χ2n) is 7.11. The van der Waals surface area contributed by atoms with Gasteiger partial charge in [0.2, 0.25) is 11.8 Å². The van der Waals surface area contributed by atoms with Crippen LogP contribution in [0.25, 0.3) is 6.08 Å². The Kier molecular flexibility index (Phi) is 6.06. The van der Waals surface area contributed by atoms with Crippen molar-refractivity contribution >= 4 is 50.1 Å². The van der Waals surface area contributed by atoms with Gasteiger partial charge < -0.3 is 10.2 Å². The zero-order chi connectivity index (χ0) is 22.7. The predicted octanol–water partition coefficient (Wildman–Crippen LogP) is 3.85. The molecule has 1 atom stereocenters. The summed E-state index contributed by atoms with van der Waals surface area (Å²) in [7, 11) is -3.77. The Bertz CT molecular complexity index is 1270. The second-order valence-corrected chi connectivity index (χ2v) is 9.68. The van der Waals surface area contributed by atoms with Gasteiger partial charge in [-0.15, -0.1) is 11.3 Å². The fourth-order valence-corrected chi connectivity index (χ4v) is 5.25. The summed E-state index contributed by atoms with van der Waals surface area (Å²) in [5, 5.41) is 4.73. The lowest BCUT2D eigenvalue weighted by atomic mass is 9.93. The Balaban J connectivity index is 1.46. The largest absolute Gasteiger partial charge is 0.326 e. The molecule has 0 unspecified atom stereocenters. The minimum Gasteiger partial charge on any atom is -0.326 e. The first-order valence-corrected chi connectivity index (χ1v) is 12.1. The van der Waals surface area contributed by atoms with Crippen LogP contribution in [-0.4, -0.2) is 30.1 Å². The molecule has 2 N–H and O–H groups in total. The summed E-state index contributed by atoms with van der Waals surface area (Å²) < 4.78 is 27.3. The van der Waals surface area contributed by atoms with Gasteiger partial charge in [-0.2, -0.15) is 0 Å². The Morgan fingerprint density at radius 3 is 2.56 bits per heavy atom.